The Labute approximate surface area is 157 Å². The zero-order chi connectivity index (χ0) is 18.1. The van der Waals surface area contributed by atoms with E-state index < -0.39 is 0 Å². The van der Waals surface area contributed by atoms with Crippen LogP contribution in [-0.4, -0.2) is 10.8 Å². The summed E-state index contributed by atoms with van der Waals surface area (Å²) in [4.78, 5) is 16.8. The van der Waals surface area contributed by atoms with Crippen LogP contribution in [0, 0.1) is 0 Å². The normalized spacial score (nSPS) is 10.8. The number of fused-ring (bicyclic) bond motifs is 1. The summed E-state index contributed by atoms with van der Waals surface area (Å²) in [6.07, 6.45) is 0. The summed E-state index contributed by atoms with van der Waals surface area (Å²) in [7, 11) is 0. The van der Waals surface area contributed by atoms with Crippen molar-refractivity contribution in [3.8, 4) is 22.4 Å². The molecule has 1 aromatic heterocycles. The third-order valence-electron chi connectivity index (χ3n) is 4.43. The van der Waals surface area contributed by atoms with Crippen molar-refractivity contribution < 1.29 is 4.79 Å². The van der Waals surface area contributed by atoms with Gasteiger partial charge >= 0.3 is 0 Å². The number of pyridine rings is 1. The molecule has 0 saturated heterocycles. The fourth-order valence-corrected chi connectivity index (χ4v) is 3.31. The summed E-state index contributed by atoms with van der Waals surface area (Å²) in [6.45, 7) is 1.59. The largest absolute Gasteiger partial charge is 0.294 e. The monoisotopic (exact) mass is 357 g/mol. The first kappa shape index (κ1) is 16.5. The molecule has 126 valence electrons. The van der Waals surface area contributed by atoms with Crippen molar-refractivity contribution in [2.75, 3.05) is 0 Å². The second-order valence-corrected chi connectivity index (χ2v) is 6.65. The van der Waals surface area contributed by atoms with Crippen molar-refractivity contribution in [2.24, 2.45) is 0 Å². The minimum Gasteiger partial charge on any atom is -0.294 e. The number of aromatic nitrogens is 1. The molecule has 0 bridgehead atoms. The first-order valence-electron chi connectivity index (χ1n) is 8.39. The number of Topliss-reactive ketones (excluding diaryl/α,β-unsaturated/α-hetero) is 1. The lowest BCUT2D eigenvalue weighted by molar-refractivity contribution is 0.101. The molecule has 0 fully saturated rings. The van der Waals surface area contributed by atoms with Gasteiger partial charge in [0.25, 0.3) is 0 Å². The van der Waals surface area contributed by atoms with Gasteiger partial charge in [-0.3, -0.25) is 4.79 Å². The van der Waals surface area contributed by atoms with E-state index in [4.69, 9.17) is 16.6 Å². The number of nitrogens with zero attached hydrogens (tertiary/aromatic N) is 1. The number of halogens is 1. The Balaban J connectivity index is 1.79. The first-order chi connectivity index (χ1) is 12.6. The van der Waals surface area contributed by atoms with Crippen LogP contribution in [0.15, 0.2) is 78.9 Å². The van der Waals surface area contributed by atoms with Gasteiger partial charge in [-0.2, -0.15) is 0 Å². The average Bonchev–Trinajstić information content (AvgIpc) is 2.67. The van der Waals surface area contributed by atoms with E-state index in [-0.39, 0.29) is 5.78 Å². The summed E-state index contributed by atoms with van der Waals surface area (Å²) in [5, 5.41) is 1.60. The van der Waals surface area contributed by atoms with E-state index in [1.54, 1.807) is 6.92 Å². The van der Waals surface area contributed by atoms with Crippen molar-refractivity contribution in [1.82, 2.24) is 4.98 Å². The van der Waals surface area contributed by atoms with E-state index in [1.807, 2.05) is 78.9 Å². The molecule has 0 atom stereocenters. The molecular weight excluding hydrogens is 342 g/mol. The van der Waals surface area contributed by atoms with Crippen molar-refractivity contribution in [2.45, 2.75) is 6.92 Å². The van der Waals surface area contributed by atoms with E-state index in [1.165, 1.54) is 0 Å². The molecule has 0 saturated carbocycles. The van der Waals surface area contributed by atoms with Crippen molar-refractivity contribution >= 4 is 28.3 Å². The van der Waals surface area contributed by atoms with E-state index >= 15 is 0 Å². The second-order valence-electron chi connectivity index (χ2n) is 6.22. The number of benzene rings is 3. The predicted molar refractivity (Wildman–Crippen MR) is 108 cm³/mol. The lowest BCUT2D eigenvalue weighted by Gasteiger charge is -2.09. The quantitative estimate of drug-likeness (QED) is 0.396. The maximum atomic E-state index is 12.1. The number of hydrogen-bond donors (Lipinski definition) is 0. The van der Waals surface area contributed by atoms with E-state index in [2.05, 4.69) is 0 Å². The molecule has 0 aliphatic heterocycles. The number of para-hydroxylation sites is 1. The number of hydrogen-bond acceptors (Lipinski definition) is 2. The number of carbonyl (C=O) groups excluding carboxylic acids is 1. The molecule has 0 unspecified atom stereocenters. The highest BCUT2D eigenvalue weighted by Gasteiger charge is 2.10. The second kappa shape index (κ2) is 6.74. The minimum atomic E-state index is 0.0420. The van der Waals surface area contributed by atoms with Gasteiger partial charge in [-0.15, -0.1) is 0 Å². The highest BCUT2D eigenvalue weighted by atomic mass is 35.5. The molecule has 0 radical (unpaired) electrons. The molecule has 1 heterocycles. The van der Waals surface area contributed by atoms with Gasteiger partial charge in [0.15, 0.2) is 5.78 Å². The number of carbonyl (C=O) groups is 1. The molecule has 4 rings (SSSR count). The summed E-state index contributed by atoms with van der Waals surface area (Å²) in [6, 6.07) is 25.5. The zero-order valence-electron chi connectivity index (χ0n) is 14.2. The lowest BCUT2D eigenvalue weighted by Crippen LogP contribution is -1.97. The zero-order valence-corrected chi connectivity index (χ0v) is 15.0. The summed E-state index contributed by atoms with van der Waals surface area (Å²) in [5.41, 5.74) is 5.46. The predicted octanol–water partition coefficient (Wildman–Crippen LogP) is 6.42. The highest BCUT2D eigenvalue weighted by molar-refractivity contribution is 6.30. The SMILES string of the molecule is CC(=O)c1cc(-c2ccc(-c3cccc(Cl)c3)cc2)nc2ccccc12. The van der Waals surface area contributed by atoms with E-state index in [0.717, 1.165) is 33.3 Å². The fourth-order valence-electron chi connectivity index (χ4n) is 3.12. The Morgan fingerprint density at radius 1 is 0.808 bits per heavy atom. The van der Waals surface area contributed by atoms with Crippen LogP contribution in [0.2, 0.25) is 5.02 Å². The Kier molecular flexibility index (Phi) is 4.27. The van der Waals surface area contributed by atoms with Crippen LogP contribution in [0.4, 0.5) is 0 Å². The molecule has 0 spiro atoms. The smallest absolute Gasteiger partial charge is 0.160 e. The van der Waals surface area contributed by atoms with Crippen LogP contribution >= 0.6 is 11.6 Å². The van der Waals surface area contributed by atoms with Crippen molar-refractivity contribution in [3.05, 3.63) is 89.4 Å². The van der Waals surface area contributed by atoms with E-state index in [9.17, 15) is 4.79 Å². The maximum absolute atomic E-state index is 12.1. The van der Waals surface area contributed by atoms with Crippen LogP contribution in [0.3, 0.4) is 0 Å². The molecular formula is C23H16ClNO. The minimum absolute atomic E-state index is 0.0420. The summed E-state index contributed by atoms with van der Waals surface area (Å²) in [5.74, 6) is 0.0420. The van der Waals surface area contributed by atoms with Crippen LogP contribution in [0.25, 0.3) is 33.3 Å². The highest BCUT2D eigenvalue weighted by Crippen LogP contribution is 2.28. The molecule has 0 aliphatic carbocycles. The van der Waals surface area contributed by atoms with Gasteiger partial charge in [-0.25, -0.2) is 4.98 Å². The van der Waals surface area contributed by atoms with Gasteiger partial charge in [0.1, 0.15) is 0 Å². The van der Waals surface area contributed by atoms with Gasteiger partial charge in [0.05, 0.1) is 11.2 Å². The summed E-state index contributed by atoms with van der Waals surface area (Å²) >= 11 is 6.08. The van der Waals surface area contributed by atoms with Gasteiger partial charge in [-0.05, 0) is 42.3 Å². The van der Waals surface area contributed by atoms with Crippen LogP contribution in [0.5, 0.6) is 0 Å². The fraction of sp³-hybridized carbons (Fsp3) is 0.0435. The van der Waals surface area contributed by atoms with Crippen LogP contribution in [-0.2, 0) is 0 Å². The third-order valence-corrected chi connectivity index (χ3v) is 4.67. The Bertz CT molecular complexity index is 1120. The molecule has 4 aromatic rings. The third kappa shape index (κ3) is 3.12. The summed E-state index contributed by atoms with van der Waals surface area (Å²) < 4.78 is 0. The van der Waals surface area contributed by atoms with Crippen molar-refractivity contribution in [1.29, 1.82) is 0 Å². The topological polar surface area (TPSA) is 30.0 Å². The number of ketones is 1. The van der Waals surface area contributed by atoms with Crippen molar-refractivity contribution in [3.63, 3.8) is 0 Å². The number of rotatable bonds is 3. The Morgan fingerprint density at radius 2 is 1.54 bits per heavy atom. The first-order valence-corrected chi connectivity index (χ1v) is 8.77. The molecule has 0 amide bonds. The van der Waals surface area contributed by atoms with E-state index in [0.29, 0.717) is 10.6 Å². The van der Waals surface area contributed by atoms with Gasteiger partial charge < -0.3 is 0 Å². The van der Waals surface area contributed by atoms with Crippen LogP contribution < -0.4 is 0 Å². The van der Waals surface area contributed by atoms with Crippen LogP contribution in [0.1, 0.15) is 17.3 Å². The molecule has 0 aliphatic rings. The average molecular weight is 358 g/mol. The molecule has 2 nitrogen and oxygen atoms in total. The molecule has 0 N–H and O–H groups in total. The molecule has 3 heteroatoms. The lowest BCUT2D eigenvalue weighted by atomic mass is 9.99. The molecule has 26 heavy (non-hydrogen) atoms. The van der Waals surface area contributed by atoms with Gasteiger partial charge in [-0.1, -0.05) is 66.2 Å². The standard InChI is InChI=1S/C23H16ClNO/c1-15(26)21-14-23(25-22-8-3-2-7-20(21)22)17-11-9-16(10-12-17)18-5-4-6-19(24)13-18/h2-14H,1H3. The van der Waals surface area contributed by atoms with Gasteiger partial charge in [0.2, 0.25) is 0 Å². The molecule has 3 aromatic carbocycles. The maximum Gasteiger partial charge on any atom is 0.160 e. The van der Waals surface area contributed by atoms with Gasteiger partial charge in [0, 0.05) is 21.5 Å². The Hall–Kier alpha value is -2.97. The Morgan fingerprint density at radius 3 is 2.27 bits per heavy atom.